The van der Waals surface area contributed by atoms with Crippen molar-refractivity contribution in [1.29, 1.82) is 0 Å². The van der Waals surface area contributed by atoms with E-state index >= 15 is 0 Å². The van der Waals surface area contributed by atoms with Crippen LogP contribution in [0.15, 0.2) is 53.7 Å². The maximum Gasteiger partial charge on any atom is 0.262 e. The predicted molar refractivity (Wildman–Crippen MR) is 114 cm³/mol. The Morgan fingerprint density at radius 1 is 1.20 bits per heavy atom. The Balaban J connectivity index is 1.41. The second-order valence-electron chi connectivity index (χ2n) is 7.46. The highest BCUT2D eigenvalue weighted by Crippen LogP contribution is 2.41. The van der Waals surface area contributed by atoms with Crippen LogP contribution in [0.25, 0.3) is 5.69 Å². The Hall–Kier alpha value is -3.13. The fourth-order valence-corrected chi connectivity index (χ4v) is 4.42. The number of Topliss-reactive ketones (excluding diaryl/α,β-unsaturated/α-hetero) is 1. The van der Waals surface area contributed by atoms with E-state index in [1.54, 1.807) is 18.2 Å². The molecule has 1 saturated carbocycles. The number of amides is 1. The lowest BCUT2D eigenvalue weighted by atomic mass is 10.1. The van der Waals surface area contributed by atoms with Crippen molar-refractivity contribution >= 4 is 29.1 Å². The minimum atomic E-state index is -0.373. The molecular formula is C22H20N4O3S. The number of thioether (sulfide) groups is 1. The SMILES string of the molecule is C[C@@H](Sc1nnc(C2CC2)n1-c1ccccc1)C(=O)c1ccc2c(c1)NC(=O)CO2. The van der Waals surface area contributed by atoms with E-state index in [-0.39, 0.29) is 23.5 Å². The average molecular weight is 420 g/mol. The highest BCUT2D eigenvalue weighted by Gasteiger charge is 2.32. The van der Waals surface area contributed by atoms with Gasteiger partial charge in [0.1, 0.15) is 11.6 Å². The van der Waals surface area contributed by atoms with Crippen LogP contribution >= 0.6 is 11.8 Å². The van der Waals surface area contributed by atoms with Crippen LogP contribution in [0.2, 0.25) is 0 Å². The molecule has 7 nitrogen and oxygen atoms in total. The van der Waals surface area contributed by atoms with E-state index in [1.165, 1.54) is 11.8 Å². The van der Waals surface area contributed by atoms with Gasteiger partial charge in [-0.2, -0.15) is 0 Å². The molecule has 5 rings (SSSR count). The molecule has 1 N–H and O–H groups in total. The van der Waals surface area contributed by atoms with Gasteiger partial charge in [0.05, 0.1) is 10.9 Å². The van der Waals surface area contributed by atoms with Crippen molar-refractivity contribution in [3.63, 3.8) is 0 Å². The molecule has 1 aliphatic heterocycles. The number of anilines is 1. The smallest absolute Gasteiger partial charge is 0.262 e. The number of ether oxygens (including phenoxy) is 1. The number of fused-ring (bicyclic) bond motifs is 1. The number of hydrogen-bond acceptors (Lipinski definition) is 6. The van der Waals surface area contributed by atoms with Gasteiger partial charge < -0.3 is 10.1 Å². The lowest BCUT2D eigenvalue weighted by molar-refractivity contribution is -0.118. The van der Waals surface area contributed by atoms with Crippen LogP contribution in [0.5, 0.6) is 5.75 Å². The van der Waals surface area contributed by atoms with Gasteiger partial charge in [0.15, 0.2) is 17.5 Å². The van der Waals surface area contributed by atoms with Gasteiger partial charge in [-0.15, -0.1) is 10.2 Å². The van der Waals surface area contributed by atoms with Gasteiger partial charge in [0, 0.05) is 17.2 Å². The fraction of sp³-hybridized carbons (Fsp3) is 0.273. The maximum atomic E-state index is 13.1. The first-order chi connectivity index (χ1) is 14.6. The zero-order valence-corrected chi connectivity index (χ0v) is 17.2. The largest absolute Gasteiger partial charge is 0.482 e. The number of benzene rings is 2. The van der Waals surface area contributed by atoms with Gasteiger partial charge in [-0.1, -0.05) is 30.0 Å². The Bertz CT molecular complexity index is 1120. The number of ketones is 1. The van der Waals surface area contributed by atoms with E-state index in [1.807, 2.05) is 37.3 Å². The zero-order valence-electron chi connectivity index (χ0n) is 16.4. The fourth-order valence-electron chi connectivity index (χ4n) is 3.47. The number of carbonyl (C=O) groups is 2. The van der Waals surface area contributed by atoms with Crippen LogP contribution in [0.4, 0.5) is 5.69 Å². The van der Waals surface area contributed by atoms with Gasteiger partial charge in [-0.25, -0.2) is 0 Å². The van der Waals surface area contributed by atoms with E-state index < -0.39 is 0 Å². The van der Waals surface area contributed by atoms with Crippen molar-refractivity contribution in [2.24, 2.45) is 0 Å². The lowest BCUT2D eigenvalue weighted by Gasteiger charge is -2.19. The second-order valence-corrected chi connectivity index (χ2v) is 8.77. The Morgan fingerprint density at radius 3 is 2.77 bits per heavy atom. The summed E-state index contributed by atoms with van der Waals surface area (Å²) in [5.74, 6) is 1.69. The quantitative estimate of drug-likeness (QED) is 0.482. The molecule has 0 saturated heterocycles. The molecule has 3 aromatic rings. The molecule has 1 fully saturated rings. The van der Waals surface area contributed by atoms with Gasteiger partial charge >= 0.3 is 0 Å². The number of para-hydroxylation sites is 1. The topological polar surface area (TPSA) is 86.1 Å². The molecule has 2 aliphatic rings. The van der Waals surface area contributed by atoms with Crippen LogP contribution in [0.1, 0.15) is 41.9 Å². The molecule has 8 heteroatoms. The number of aromatic nitrogens is 3. The number of hydrogen-bond donors (Lipinski definition) is 1. The van der Waals surface area contributed by atoms with Crippen molar-refractivity contribution in [2.45, 2.75) is 36.1 Å². The van der Waals surface area contributed by atoms with Gasteiger partial charge in [-0.3, -0.25) is 14.2 Å². The summed E-state index contributed by atoms with van der Waals surface area (Å²) in [5.41, 5.74) is 2.05. The summed E-state index contributed by atoms with van der Waals surface area (Å²) in [6.07, 6.45) is 2.24. The van der Waals surface area contributed by atoms with Crippen LogP contribution in [0.3, 0.4) is 0 Å². The maximum absolute atomic E-state index is 13.1. The normalized spacial score (nSPS) is 16.4. The van der Waals surface area contributed by atoms with Crippen molar-refractivity contribution < 1.29 is 14.3 Å². The van der Waals surface area contributed by atoms with E-state index in [9.17, 15) is 9.59 Å². The van der Waals surface area contributed by atoms with E-state index in [2.05, 4.69) is 20.1 Å². The monoisotopic (exact) mass is 420 g/mol. The van der Waals surface area contributed by atoms with Gasteiger partial charge in [0.2, 0.25) is 0 Å². The molecular weight excluding hydrogens is 400 g/mol. The Kier molecular flexibility index (Phi) is 4.78. The Morgan fingerprint density at radius 2 is 2.00 bits per heavy atom. The minimum absolute atomic E-state index is 0.00891. The number of nitrogens with zero attached hydrogens (tertiary/aromatic N) is 3. The van der Waals surface area contributed by atoms with Gasteiger partial charge in [-0.05, 0) is 50.1 Å². The molecule has 1 amide bonds. The molecule has 1 aliphatic carbocycles. The molecule has 0 spiro atoms. The average Bonchev–Trinajstić information content (AvgIpc) is 3.53. The first-order valence-corrected chi connectivity index (χ1v) is 10.8. The lowest BCUT2D eigenvalue weighted by Crippen LogP contribution is -2.25. The molecule has 0 unspecified atom stereocenters. The predicted octanol–water partition coefficient (Wildman–Crippen LogP) is 3.84. The van der Waals surface area contributed by atoms with Crippen molar-refractivity contribution in [1.82, 2.24) is 14.8 Å². The molecule has 2 aromatic carbocycles. The molecule has 0 bridgehead atoms. The van der Waals surface area contributed by atoms with Gasteiger partial charge in [0.25, 0.3) is 5.91 Å². The number of carbonyl (C=O) groups excluding carboxylic acids is 2. The summed E-state index contributed by atoms with van der Waals surface area (Å²) < 4.78 is 7.43. The summed E-state index contributed by atoms with van der Waals surface area (Å²) >= 11 is 1.39. The highest BCUT2D eigenvalue weighted by atomic mass is 32.2. The summed E-state index contributed by atoms with van der Waals surface area (Å²) in [6, 6.07) is 15.1. The molecule has 2 heterocycles. The third kappa shape index (κ3) is 3.59. The van der Waals surface area contributed by atoms with Crippen molar-refractivity contribution in [2.75, 3.05) is 11.9 Å². The van der Waals surface area contributed by atoms with Crippen LogP contribution < -0.4 is 10.1 Å². The first kappa shape index (κ1) is 18.9. The Labute approximate surface area is 177 Å². The summed E-state index contributed by atoms with van der Waals surface area (Å²) in [6.45, 7) is 1.85. The molecule has 0 radical (unpaired) electrons. The molecule has 152 valence electrons. The van der Waals surface area contributed by atoms with E-state index in [0.717, 1.165) is 24.4 Å². The highest BCUT2D eigenvalue weighted by molar-refractivity contribution is 8.00. The summed E-state index contributed by atoms with van der Waals surface area (Å²) in [5, 5.41) is 11.9. The summed E-state index contributed by atoms with van der Waals surface area (Å²) in [4.78, 5) is 24.7. The standard InChI is InChI=1S/C22H20N4O3S/c1-13(20(28)15-9-10-18-17(11-15)23-19(27)12-29-18)30-22-25-24-21(14-7-8-14)26(22)16-5-3-2-4-6-16/h2-6,9-11,13-14H,7-8,12H2,1H3,(H,23,27)/t13-/m1/s1. The number of nitrogens with one attached hydrogen (secondary N) is 1. The van der Waals surface area contributed by atoms with Crippen molar-refractivity contribution in [3.8, 4) is 11.4 Å². The second kappa shape index (κ2) is 7.60. The molecule has 1 atom stereocenters. The first-order valence-electron chi connectivity index (χ1n) is 9.88. The minimum Gasteiger partial charge on any atom is -0.482 e. The van der Waals surface area contributed by atoms with Crippen LogP contribution in [-0.2, 0) is 4.79 Å². The zero-order chi connectivity index (χ0) is 20.7. The van der Waals surface area contributed by atoms with Crippen LogP contribution in [0, 0.1) is 0 Å². The van der Waals surface area contributed by atoms with Crippen molar-refractivity contribution in [3.05, 3.63) is 59.9 Å². The molecule has 30 heavy (non-hydrogen) atoms. The third-order valence-corrected chi connectivity index (χ3v) is 6.21. The molecule has 1 aromatic heterocycles. The third-order valence-electron chi connectivity index (χ3n) is 5.16. The summed E-state index contributed by atoms with van der Waals surface area (Å²) in [7, 11) is 0. The number of rotatable bonds is 6. The van der Waals surface area contributed by atoms with E-state index in [4.69, 9.17) is 4.74 Å². The van der Waals surface area contributed by atoms with Crippen LogP contribution in [-0.4, -0.2) is 38.3 Å². The van der Waals surface area contributed by atoms with E-state index in [0.29, 0.717) is 28.1 Å².